The van der Waals surface area contributed by atoms with Crippen LogP contribution in [0.2, 0.25) is 0 Å². The van der Waals surface area contributed by atoms with Crippen LogP contribution in [0.1, 0.15) is 31.7 Å². The zero-order valence-electron chi connectivity index (χ0n) is 15.0. The van der Waals surface area contributed by atoms with Gasteiger partial charge in [-0.1, -0.05) is 23.8 Å². The van der Waals surface area contributed by atoms with Crippen LogP contribution in [0.5, 0.6) is 0 Å². The van der Waals surface area contributed by atoms with Crippen LogP contribution in [0.4, 0.5) is 0 Å². The van der Waals surface area contributed by atoms with Crippen molar-refractivity contribution < 1.29 is 26.1 Å². The summed E-state index contributed by atoms with van der Waals surface area (Å²) in [5.74, 6) is -0.411. The molecule has 0 heterocycles. The molecule has 148 valence electrons. The molecule has 7 nitrogen and oxygen atoms in total. The quantitative estimate of drug-likeness (QED) is 0.427. The molecule has 0 aliphatic heterocycles. The topological polar surface area (TPSA) is 124 Å². The van der Waals surface area contributed by atoms with E-state index in [-0.39, 0.29) is 24.3 Å². The molecule has 1 rings (SSSR count). The lowest BCUT2D eigenvalue weighted by Crippen LogP contribution is -2.34. The fourth-order valence-electron chi connectivity index (χ4n) is 2.50. The van der Waals surface area contributed by atoms with E-state index in [1.165, 1.54) is 19.1 Å². The molecule has 0 amide bonds. The van der Waals surface area contributed by atoms with Crippen molar-refractivity contribution in [3.05, 3.63) is 42.5 Å². The molecule has 0 aliphatic rings. The lowest BCUT2D eigenvalue weighted by Gasteiger charge is -2.23. The van der Waals surface area contributed by atoms with E-state index in [1.54, 1.807) is 18.2 Å². The van der Waals surface area contributed by atoms with Gasteiger partial charge in [0.2, 0.25) is 10.0 Å². The van der Waals surface area contributed by atoms with Gasteiger partial charge in [-0.2, -0.15) is 8.42 Å². The third kappa shape index (κ3) is 7.16. The molecule has 0 saturated heterocycles. The van der Waals surface area contributed by atoms with E-state index in [2.05, 4.69) is 6.58 Å². The van der Waals surface area contributed by atoms with Crippen molar-refractivity contribution in [1.29, 1.82) is 0 Å². The Hall–Kier alpha value is -1.26. The predicted molar refractivity (Wildman–Crippen MR) is 100 cm³/mol. The average Bonchev–Trinajstić information content (AvgIpc) is 2.53. The second kappa shape index (κ2) is 9.61. The summed E-state index contributed by atoms with van der Waals surface area (Å²) in [5.41, 5.74) is 0.927. The first-order valence-corrected chi connectivity index (χ1v) is 11.3. The van der Waals surface area contributed by atoms with Crippen molar-refractivity contribution in [2.24, 2.45) is 11.1 Å². The van der Waals surface area contributed by atoms with Crippen molar-refractivity contribution >= 4 is 20.1 Å². The van der Waals surface area contributed by atoms with Crippen molar-refractivity contribution in [2.75, 3.05) is 6.61 Å². The fourth-order valence-corrected chi connectivity index (χ4v) is 4.18. The summed E-state index contributed by atoms with van der Waals surface area (Å²) in [6.07, 6.45) is 1.22. The fraction of sp³-hybridized carbons (Fsp3) is 0.529. The van der Waals surface area contributed by atoms with Gasteiger partial charge in [0.25, 0.3) is 10.1 Å². The van der Waals surface area contributed by atoms with Crippen LogP contribution in [-0.2, 0) is 24.3 Å². The molecule has 0 aromatic heterocycles. The Kier molecular flexibility index (Phi) is 8.42. The summed E-state index contributed by atoms with van der Waals surface area (Å²) >= 11 is 0. The molecule has 0 spiro atoms. The largest absolute Gasteiger partial charge is 0.393 e. The summed E-state index contributed by atoms with van der Waals surface area (Å²) in [6, 6.07) is 6.24. The standard InChI is InChI=1S/C17H27NO6S2/c1-4-5-15(14(3)25(18,20)21)12-16(19)10-11-24-26(22,23)17-8-6-13(2)7-9-17/h4,6-9,14-16,19H,1,5,10-12H2,2-3H3,(H2,18,20,21)/t14-,15+,16-/m0/s1. The summed E-state index contributed by atoms with van der Waals surface area (Å²) in [6.45, 7) is 6.70. The Bertz CT molecular complexity index is 787. The third-order valence-electron chi connectivity index (χ3n) is 4.23. The third-order valence-corrected chi connectivity index (χ3v) is 6.97. The van der Waals surface area contributed by atoms with Crippen LogP contribution in [0.3, 0.4) is 0 Å². The maximum atomic E-state index is 12.1. The number of sulfonamides is 1. The van der Waals surface area contributed by atoms with E-state index in [0.29, 0.717) is 6.42 Å². The van der Waals surface area contributed by atoms with Crippen LogP contribution in [-0.4, -0.2) is 39.9 Å². The van der Waals surface area contributed by atoms with Gasteiger partial charge >= 0.3 is 0 Å². The van der Waals surface area contributed by atoms with Gasteiger partial charge in [-0.3, -0.25) is 4.18 Å². The minimum Gasteiger partial charge on any atom is -0.393 e. The number of aliphatic hydroxyl groups excluding tert-OH is 1. The van der Waals surface area contributed by atoms with Gasteiger partial charge in [0.1, 0.15) is 0 Å². The lowest BCUT2D eigenvalue weighted by molar-refractivity contribution is 0.114. The van der Waals surface area contributed by atoms with Crippen molar-refractivity contribution in [3.63, 3.8) is 0 Å². The summed E-state index contributed by atoms with van der Waals surface area (Å²) in [4.78, 5) is 0.0463. The van der Waals surface area contributed by atoms with E-state index in [0.717, 1.165) is 5.56 Å². The minimum absolute atomic E-state index is 0.0463. The Morgan fingerprint density at radius 1 is 1.23 bits per heavy atom. The Labute approximate surface area is 156 Å². The predicted octanol–water partition coefficient (Wildman–Crippen LogP) is 1.71. The van der Waals surface area contributed by atoms with Crippen LogP contribution < -0.4 is 5.14 Å². The first-order valence-electron chi connectivity index (χ1n) is 8.24. The van der Waals surface area contributed by atoms with E-state index < -0.39 is 37.4 Å². The maximum absolute atomic E-state index is 12.1. The number of benzene rings is 1. The van der Waals surface area contributed by atoms with E-state index in [9.17, 15) is 21.9 Å². The molecule has 3 atom stereocenters. The SMILES string of the molecule is C=CC[C@H](C[C@@H](O)CCOS(=O)(=O)c1ccc(C)cc1)[C@H](C)S(N)(=O)=O. The number of hydrogen-bond acceptors (Lipinski definition) is 6. The van der Waals surface area contributed by atoms with Gasteiger partial charge in [-0.05, 0) is 51.2 Å². The molecule has 0 unspecified atom stereocenters. The minimum atomic E-state index is -3.89. The van der Waals surface area contributed by atoms with Gasteiger partial charge in [-0.25, -0.2) is 13.6 Å². The number of primary sulfonamides is 1. The summed E-state index contributed by atoms with van der Waals surface area (Å²) in [5, 5.41) is 14.4. The summed E-state index contributed by atoms with van der Waals surface area (Å²) in [7, 11) is -7.63. The molecular formula is C17H27NO6S2. The molecular weight excluding hydrogens is 378 g/mol. The van der Waals surface area contributed by atoms with Crippen LogP contribution in [0, 0.1) is 12.8 Å². The number of aryl methyl sites for hydroxylation is 1. The highest BCUT2D eigenvalue weighted by molar-refractivity contribution is 7.89. The molecule has 0 radical (unpaired) electrons. The smallest absolute Gasteiger partial charge is 0.296 e. The van der Waals surface area contributed by atoms with E-state index in [4.69, 9.17) is 9.32 Å². The van der Waals surface area contributed by atoms with Crippen LogP contribution in [0.15, 0.2) is 41.8 Å². The Morgan fingerprint density at radius 2 is 1.81 bits per heavy atom. The van der Waals surface area contributed by atoms with Crippen LogP contribution >= 0.6 is 0 Å². The maximum Gasteiger partial charge on any atom is 0.296 e. The lowest BCUT2D eigenvalue weighted by atomic mass is 9.94. The Balaban J connectivity index is 2.60. The number of allylic oxidation sites excluding steroid dienone is 1. The molecule has 9 heteroatoms. The molecule has 1 aromatic rings. The zero-order chi connectivity index (χ0) is 20.0. The number of nitrogens with two attached hydrogens (primary N) is 1. The number of rotatable bonds is 11. The molecule has 3 N–H and O–H groups in total. The van der Waals surface area contributed by atoms with Crippen molar-refractivity contribution in [2.45, 2.75) is 49.4 Å². The van der Waals surface area contributed by atoms with Gasteiger partial charge in [0.05, 0.1) is 22.9 Å². The molecule has 0 bridgehead atoms. The molecule has 0 aliphatic carbocycles. The average molecular weight is 406 g/mol. The van der Waals surface area contributed by atoms with Gasteiger partial charge < -0.3 is 5.11 Å². The molecule has 0 fully saturated rings. The first kappa shape index (κ1) is 22.8. The molecule has 0 saturated carbocycles. The van der Waals surface area contributed by atoms with Gasteiger partial charge in [-0.15, -0.1) is 6.58 Å². The number of aliphatic hydroxyl groups is 1. The van der Waals surface area contributed by atoms with Gasteiger partial charge in [0, 0.05) is 0 Å². The van der Waals surface area contributed by atoms with E-state index in [1.807, 2.05) is 6.92 Å². The molecule has 1 aromatic carbocycles. The van der Waals surface area contributed by atoms with Gasteiger partial charge in [0.15, 0.2) is 0 Å². The van der Waals surface area contributed by atoms with E-state index >= 15 is 0 Å². The highest BCUT2D eigenvalue weighted by Gasteiger charge is 2.27. The second-order valence-electron chi connectivity index (χ2n) is 6.35. The number of hydrogen-bond donors (Lipinski definition) is 2. The first-order chi connectivity index (χ1) is 12.0. The van der Waals surface area contributed by atoms with Crippen molar-refractivity contribution in [1.82, 2.24) is 0 Å². The van der Waals surface area contributed by atoms with Crippen LogP contribution in [0.25, 0.3) is 0 Å². The summed E-state index contributed by atoms with van der Waals surface area (Å²) < 4.78 is 52.1. The second-order valence-corrected chi connectivity index (χ2v) is 9.88. The molecule has 26 heavy (non-hydrogen) atoms. The highest BCUT2D eigenvalue weighted by atomic mass is 32.2. The zero-order valence-corrected chi connectivity index (χ0v) is 16.7. The van der Waals surface area contributed by atoms with Crippen molar-refractivity contribution in [3.8, 4) is 0 Å². The monoisotopic (exact) mass is 405 g/mol. The Morgan fingerprint density at radius 3 is 2.31 bits per heavy atom. The normalized spacial score (nSPS) is 16.0. The highest BCUT2D eigenvalue weighted by Crippen LogP contribution is 2.22.